The van der Waals surface area contributed by atoms with Crippen LogP contribution in [0.4, 0.5) is 0 Å². The quantitative estimate of drug-likeness (QED) is 0.847. The highest BCUT2D eigenvalue weighted by atomic mass is 16.5. The third kappa shape index (κ3) is 4.09. The molecule has 0 aromatic carbocycles. The molecule has 0 radical (unpaired) electrons. The van der Waals surface area contributed by atoms with Crippen molar-refractivity contribution in [3.63, 3.8) is 0 Å². The van der Waals surface area contributed by atoms with Gasteiger partial charge >= 0.3 is 0 Å². The van der Waals surface area contributed by atoms with Crippen LogP contribution in [0.3, 0.4) is 0 Å². The van der Waals surface area contributed by atoms with Crippen molar-refractivity contribution in [2.75, 3.05) is 48.4 Å². The number of amides is 1. The molecule has 1 aliphatic rings. The number of ether oxygens (including phenoxy) is 1. The lowest BCUT2D eigenvalue weighted by Gasteiger charge is -2.25. The number of hydrogen-bond donors (Lipinski definition) is 1. The molecule has 124 valence electrons. The molecule has 1 amide bonds. The average Bonchev–Trinajstić information content (AvgIpc) is 3.05. The minimum absolute atomic E-state index is 0.00682. The molecule has 0 bridgehead atoms. The molecule has 22 heavy (non-hydrogen) atoms. The number of carbonyl (C=O) groups excluding carboxylic acids is 1. The van der Waals surface area contributed by atoms with E-state index >= 15 is 0 Å². The van der Waals surface area contributed by atoms with Gasteiger partial charge in [0, 0.05) is 52.6 Å². The van der Waals surface area contributed by atoms with Crippen LogP contribution in [0, 0.1) is 0 Å². The Balaban J connectivity index is 1.87. The van der Waals surface area contributed by atoms with Crippen molar-refractivity contribution in [3.8, 4) is 0 Å². The first-order chi connectivity index (χ1) is 10.4. The van der Waals surface area contributed by atoms with E-state index in [4.69, 9.17) is 4.74 Å². The molecule has 6 nitrogen and oxygen atoms in total. The Labute approximate surface area is 133 Å². The second-order valence-corrected chi connectivity index (χ2v) is 6.48. The molecule has 0 unspecified atom stereocenters. The molecule has 1 fully saturated rings. The number of rotatable bonds is 6. The van der Waals surface area contributed by atoms with Crippen molar-refractivity contribution in [1.82, 2.24) is 19.7 Å². The van der Waals surface area contributed by atoms with Gasteiger partial charge in [-0.3, -0.25) is 14.6 Å². The fourth-order valence-electron chi connectivity index (χ4n) is 3.03. The molecule has 2 atom stereocenters. The summed E-state index contributed by atoms with van der Waals surface area (Å²) in [5, 5.41) is 0. The van der Waals surface area contributed by atoms with Gasteiger partial charge in [-0.15, -0.1) is 0 Å². The van der Waals surface area contributed by atoms with E-state index in [0.29, 0.717) is 17.8 Å². The molecule has 0 saturated carbocycles. The molecule has 1 N–H and O–H groups in total. The first kappa shape index (κ1) is 17.0. The smallest absolute Gasteiger partial charge is 0.269 e. The standard InChI is InChI=1S/C16H28N4O2/c1-18(2)16(21)15-7-6-12(17-15)9-19(3)10-13-8-14(22-5)11-20(13)4/h6-7,13-14,17H,8-11H2,1-5H3/t13-,14-/m0/s1. The van der Waals surface area contributed by atoms with Crippen LogP contribution in [0.5, 0.6) is 0 Å². The topological polar surface area (TPSA) is 51.8 Å². The van der Waals surface area contributed by atoms with Gasteiger partial charge in [-0.1, -0.05) is 0 Å². The second kappa shape index (κ2) is 7.26. The lowest BCUT2D eigenvalue weighted by molar-refractivity contribution is 0.0822. The Morgan fingerprint density at radius 3 is 2.73 bits per heavy atom. The normalized spacial score (nSPS) is 22.5. The van der Waals surface area contributed by atoms with Gasteiger partial charge in [0.25, 0.3) is 5.91 Å². The predicted octanol–water partition coefficient (Wildman–Crippen LogP) is 0.867. The summed E-state index contributed by atoms with van der Waals surface area (Å²) in [4.78, 5) is 21.3. The van der Waals surface area contributed by atoms with Crippen molar-refractivity contribution < 1.29 is 9.53 Å². The molecule has 2 rings (SSSR count). The van der Waals surface area contributed by atoms with Crippen LogP contribution in [0.1, 0.15) is 22.6 Å². The Bertz CT molecular complexity index is 500. The average molecular weight is 308 g/mol. The van der Waals surface area contributed by atoms with E-state index in [1.54, 1.807) is 26.1 Å². The number of aromatic amines is 1. The van der Waals surface area contributed by atoms with Gasteiger partial charge in [-0.05, 0) is 32.6 Å². The maximum absolute atomic E-state index is 11.9. The summed E-state index contributed by atoms with van der Waals surface area (Å²) in [6, 6.07) is 4.37. The summed E-state index contributed by atoms with van der Waals surface area (Å²) in [6.07, 6.45) is 1.42. The second-order valence-electron chi connectivity index (χ2n) is 6.48. The van der Waals surface area contributed by atoms with E-state index in [1.807, 2.05) is 12.1 Å². The zero-order valence-corrected chi connectivity index (χ0v) is 14.3. The first-order valence-electron chi connectivity index (χ1n) is 7.71. The van der Waals surface area contributed by atoms with Crippen molar-refractivity contribution >= 4 is 5.91 Å². The summed E-state index contributed by atoms with van der Waals surface area (Å²) in [5.41, 5.74) is 1.71. The van der Waals surface area contributed by atoms with Gasteiger partial charge in [-0.25, -0.2) is 0 Å². The molecule has 1 aliphatic heterocycles. The van der Waals surface area contributed by atoms with Gasteiger partial charge in [0.1, 0.15) is 5.69 Å². The van der Waals surface area contributed by atoms with E-state index in [-0.39, 0.29) is 5.91 Å². The zero-order chi connectivity index (χ0) is 16.3. The maximum atomic E-state index is 11.9. The highest BCUT2D eigenvalue weighted by molar-refractivity contribution is 5.92. The minimum atomic E-state index is 0.00682. The van der Waals surface area contributed by atoms with Crippen molar-refractivity contribution in [2.24, 2.45) is 0 Å². The Hall–Kier alpha value is -1.37. The SMILES string of the molecule is CO[C@H]1C[C@@H](CN(C)Cc2ccc(C(=O)N(C)C)[nH]2)N(C)C1. The van der Waals surface area contributed by atoms with Crippen molar-refractivity contribution in [1.29, 1.82) is 0 Å². The minimum Gasteiger partial charge on any atom is -0.380 e. The van der Waals surface area contributed by atoms with Gasteiger partial charge in [-0.2, -0.15) is 0 Å². The molecule has 0 aliphatic carbocycles. The van der Waals surface area contributed by atoms with Crippen molar-refractivity contribution in [2.45, 2.75) is 25.1 Å². The Morgan fingerprint density at radius 1 is 1.41 bits per heavy atom. The maximum Gasteiger partial charge on any atom is 0.269 e. The molecular weight excluding hydrogens is 280 g/mol. The monoisotopic (exact) mass is 308 g/mol. The number of methoxy groups -OCH3 is 1. The summed E-state index contributed by atoms with van der Waals surface area (Å²) < 4.78 is 5.46. The van der Waals surface area contributed by atoms with E-state index in [9.17, 15) is 4.79 Å². The highest BCUT2D eigenvalue weighted by Gasteiger charge is 2.30. The number of nitrogens with one attached hydrogen (secondary N) is 1. The van der Waals surface area contributed by atoms with Gasteiger partial charge in [0.15, 0.2) is 0 Å². The number of likely N-dealkylation sites (tertiary alicyclic amines) is 1. The fourth-order valence-corrected chi connectivity index (χ4v) is 3.03. The van der Waals surface area contributed by atoms with E-state index in [1.165, 1.54) is 0 Å². The first-order valence-corrected chi connectivity index (χ1v) is 7.71. The molecule has 6 heteroatoms. The van der Waals surface area contributed by atoms with Crippen LogP contribution in [0.25, 0.3) is 0 Å². The zero-order valence-electron chi connectivity index (χ0n) is 14.3. The highest BCUT2D eigenvalue weighted by Crippen LogP contribution is 2.19. The number of H-pyrrole nitrogens is 1. The van der Waals surface area contributed by atoms with E-state index in [0.717, 1.165) is 31.7 Å². The third-order valence-electron chi connectivity index (χ3n) is 4.33. The van der Waals surface area contributed by atoms with Crippen LogP contribution in [0.2, 0.25) is 0 Å². The fraction of sp³-hybridized carbons (Fsp3) is 0.688. The molecule has 1 aromatic heterocycles. The third-order valence-corrected chi connectivity index (χ3v) is 4.33. The van der Waals surface area contributed by atoms with Crippen LogP contribution in [-0.4, -0.2) is 86.1 Å². The van der Waals surface area contributed by atoms with Gasteiger partial charge in [0.05, 0.1) is 6.10 Å². The summed E-state index contributed by atoms with van der Waals surface area (Å²) in [5.74, 6) is 0.00682. The lowest BCUT2D eigenvalue weighted by Crippen LogP contribution is -2.36. The van der Waals surface area contributed by atoms with E-state index in [2.05, 4.69) is 28.9 Å². The van der Waals surface area contributed by atoms with Crippen molar-refractivity contribution in [3.05, 3.63) is 23.5 Å². The Kier molecular flexibility index (Phi) is 5.61. The molecule has 0 spiro atoms. The molecule has 2 heterocycles. The van der Waals surface area contributed by atoms with Gasteiger partial charge < -0.3 is 14.6 Å². The van der Waals surface area contributed by atoms with E-state index < -0.39 is 0 Å². The molecular formula is C16H28N4O2. The summed E-state index contributed by atoms with van der Waals surface area (Å²) in [7, 11) is 9.57. The lowest BCUT2D eigenvalue weighted by atomic mass is 10.2. The number of nitrogens with zero attached hydrogens (tertiary/aromatic N) is 3. The number of hydrogen-bond acceptors (Lipinski definition) is 4. The number of carbonyl (C=O) groups is 1. The largest absolute Gasteiger partial charge is 0.380 e. The van der Waals surface area contributed by atoms with Crippen LogP contribution < -0.4 is 0 Å². The summed E-state index contributed by atoms with van der Waals surface area (Å²) >= 11 is 0. The number of aromatic nitrogens is 1. The number of likely N-dealkylation sites (N-methyl/N-ethyl adjacent to an activating group) is 2. The van der Waals surface area contributed by atoms with Gasteiger partial charge in [0.2, 0.25) is 0 Å². The Morgan fingerprint density at radius 2 is 2.14 bits per heavy atom. The van der Waals surface area contributed by atoms with Crippen LogP contribution in [-0.2, 0) is 11.3 Å². The summed E-state index contributed by atoms with van der Waals surface area (Å²) in [6.45, 7) is 2.80. The predicted molar refractivity (Wildman–Crippen MR) is 87.0 cm³/mol. The molecule has 1 saturated heterocycles. The van der Waals surface area contributed by atoms with Crippen LogP contribution >= 0.6 is 0 Å². The van der Waals surface area contributed by atoms with Crippen LogP contribution in [0.15, 0.2) is 12.1 Å². The molecule has 1 aromatic rings.